The van der Waals surface area contributed by atoms with Gasteiger partial charge in [0.2, 0.25) is 5.91 Å². The number of benzene rings is 2. The largest absolute Gasteiger partial charge is 0.361 e. The third kappa shape index (κ3) is 3.12. The van der Waals surface area contributed by atoms with Gasteiger partial charge in [0.05, 0.1) is 0 Å². The van der Waals surface area contributed by atoms with E-state index in [1.165, 1.54) is 0 Å². The normalized spacial score (nSPS) is 18.6. The highest BCUT2D eigenvalue weighted by Gasteiger charge is 2.40. The van der Waals surface area contributed by atoms with Gasteiger partial charge in [-0.2, -0.15) is 0 Å². The molecule has 2 aliphatic rings. The zero-order valence-corrected chi connectivity index (χ0v) is 16.4. The van der Waals surface area contributed by atoms with E-state index in [-0.39, 0.29) is 18.4 Å². The lowest BCUT2D eigenvalue weighted by molar-refractivity contribution is -0.131. The van der Waals surface area contributed by atoms with E-state index >= 15 is 0 Å². The number of para-hydroxylation sites is 2. The number of carbonyl (C=O) groups is 3. The average Bonchev–Trinajstić information content (AvgIpc) is 3.29. The van der Waals surface area contributed by atoms with E-state index in [0.717, 1.165) is 45.5 Å². The molecule has 3 heterocycles. The number of rotatable bonds is 4. The van der Waals surface area contributed by atoms with Crippen molar-refractivity contribution in [2.24, 2.45) is 0 Å². The Morgan fingerprint density at radius 3 is 2.77 bits per heavy atom. The molecule has 0 saturated carbocycles. The van der Waals surface area contributed by atoms with Crippen LogP contribution in [0.1, 0.15) is 17.5 Å². The summed E-state index contributed by atoms with van der Waals surface area (Å²) in [7, 11) is 0. The van der Waals surface area contributed by atoms with E-state index in [1.807, 2.05) is 54.7 Å². The number of amides is 4. The number of aromatic amines is 1. The van der Waals surface area contributed by atoms with Crippen LogP contribution in [0.2, 0.25) is 0 Å². The zero-order chi connectivity index (χ0) is 20.7. The second-order valence-corrected chi connectivity index (χ2v) is 7.77. The van der Waals surface area contributed by atoms with E-state index in [2.05, 4.69) is 10.3 Å². The lowest BCUT2D eigenvalue weighted by Gasteiger charge is -2.30. The van der Waals surface area contributed by atoms with Gasteiger partial charge in [0, 0.05) is 35.8 Å². The number of hydrogen-bond acceptors (Lipinski definition) is 3. The van der Waals surface area contributed by atoms with Crippen molar-refractivity contribution < 1.29 is 14.4 Å². The molecule has 152 valence electrons. The van der Waals surface area contributed by atoms with Gasteiger partial charge in [-0.3, -0.25) is 14.5 Å². The highest BCUT2D eigenvalue weighted by Crippen LogP contribution is 2.27. The van der Waals surface area contributed by atoms with Crippen LogP contribution in [0.5, 0.6) is 0 Å². The first-order chi connectivity index (χ1) is 14.6. The maximum Gasteiger partial charge on any atom is 0.325 e. The number of aryl methyl sites for hydroxylation is 1. The Morgan fingerprint density at radius 2 is 1.87 bits per heavy atom. The van der Waals surface area contributed by atoms with Gasteiger partial charge in [-0.15, -0.1) is 0 Å². The highest BCUT2D eigenvalue weighted by atomic mass is 16.2. The van der Waals surface area contributed by atoms with Crippen LogP contribution in [0.4, 0.5) is 10.5 Å². The molecule has 30 heavy (non-hydrogen) atoms. The molecular weight excluding hydrogens is 380 g/mol. The predicted octanol–water partition coefficient (Wildman–Crippen LogP) is 2.61. The summed E-state index contributed by atoms with van der Waals surface area (Å²) in [5.41, 5.74) is 3.94. The van der Waals surface area contributed by atoms with Gasteiger partial charge < -0.3 is 15.2 Å². The molecule has 7 nitrogen and oxygen atoms in total. The Balaban J connectivity index is 1.31. The van der Waals surface area contributed by atoms with Crippen molar-refractivity contribution in [2.45, 2.75) is 25.3 Å². The summed E-state index contributed by atoms with van der Waals surface area (Å²) < 4.78 is 0. The number of carbonyl (C=O) groups excluding carboxylic acids is 3. The molecule has 0 spiro atoms. The van der Waals surface area contributed by atoms with Gasteiger partial charge in [-0.05, 0) is 36.1 Å². The van der Waals surface area contributed by atoms with Crippen LogP contribution in [0.25, 0.3) is 10.9 Å². The van der Waals surface area contributed by atoms with E-state index in [1.54, 1.807) is 4.90 Å². The summed E-state index contributed by atoms with van der Waals surface area (Å²) >= 11 is 0. The topological polar surface area (TPSA) is 85.5 Å². The third-order valence-electron chi connectivity index (χ3n) is 5.91. The Hall–Kier alpha value is -3.61. The fourth-order valence-corrected chi connectivity index (χ4v) is 4.40. The SMILES string of the molecule is O=C1N[C@@H](Cc2c[nH]c3ccccc23)C(=O)N1CC(=O)N1CCCc2ccccc21. The molecule has 0 aliphatic carbocycles. The molecule has 0 radical (unpaired) electrons. The lowest BCUT2D eigenvalue weighted by Crippen LogP contribution is -2.45. The lowest BCUT2D eigenvalue weighted by atomic mass is 10.0. The first kappa shape index (κ1) is 18.4. The molecule has 5 rings (SSSR count). The predicted molar refractivity (Wildman–Crippen MR) is 113 cm³/mol. The molecular formula is C23H22N4O3. The molecule has 4 amide bonds. The Bertz CT molecular complexity index is 1150. The van der Waals surface area contributed by atoms with E-state index in [9.17, 15) is 14.4 Å². The van der Waals surface area contributed by atoms with Gasteiger partial charge in [0.15, 0.2) is 0 Å². The molecule has 0 unspecified atom stereocenters. The highest BCUT2D eigenvalue weighted by molar-refractivity contribution is 6.08. The van der Waals surface area contributed by atoms with Gasteiger partial charge in [-0.1, -0.05) is 36.4 Å². The number of fused-ring (bicyclic) bond motifs is 2. The molecule has 2 aromatic carbocycles. The number of imide groups is 1. The quantitative estimate of drug-likeness (QED) is 0.658. The minimum atomic E-state index is -0.668. The van der Waals surface area contributed by atoms with Gasteiger partial charge in [0.25, 0.3) is 5.91 Å². The fraction of sp³-hybridized carbons (Fsp3) is 0.261. The molecule has 7 heteroatoms. The van der Waals surface area contributed by atoms with Crippen molar-refractivity contribution in [1.82, 2.24) is 15.2 Å². The molecule has 0 bridgehead atoms. The van der Waals surface area contributed by atoms with Crippen LogP contribution in [-0.4, -0.2) is 46.9 Å². The molecule has 3 aromatic rings. The van der Waals surface area contributed by atoms with Crippen molar-refractivity contribution in [3.05, 3.63) is 65.9 Å². The number of anilines is 1. The third-order valence-corrected chi connectivity index (χ3v) is 5.91. The summed E-state index contributed by atoms with van der Waals surface area (Å²) in [6.07, 6.45) is 4.04. The summed E-state index contributed by atoms with van der Waals surface area (Å²) in [6, 6.07) is 14.4. The summed E-state index contributed by atoms with van der Waals surface area (Å²) in [6.45, 7) is 0.349. The van der Waals surface area contributed by atoms with E-state index < -0.39 is 12.1 Å². The smallest absolute Gasteiger partial charge is 0.325 e. The van der Waals surface area contributed by atoms with Crippen LogP contribution in [0, 0.1) is 0 Å². The van der Waals surface area contributed by atoms with Crippen LogP contribution in [-0.2, 0) is 22.4 Å². The molecule has 1 aromatic heterocycles. The number of urea groups is 1. The van der Waals surface area contributed by atoms with E-state index in [4.69, 9.17) is 0 Å². The number of hydrogen-bond donors (Lipinski definition) is 2. The van der Waals surface area contributed by atoms with Crippen LogP contribution >= 0.6 is 0 Å². The molecule has 1 saturated heterocycles. The van der Waals surface area contributed by atoms with Crippen molar-refractivity contribution in [2.75, 3.05) is 18.0 Å². The Morgan fingerprint density at radius 1 is 1.07 bits per heavy atom. The average molecular weight is 402 g/mol. The standard InChI is InChI=1S/C23H22N4O3/c28-21(26-11-5-7-15-6-1-4-10-20(15)26)14-27-22(29)19(25-23(27)30)12-16-13-24-18-9-3-2-8-17(16)18/h1-4,6,8-10,13,19,24H,5,7,11-12,14H2,(H,25,30)/t19-/m0/s1. The van der Waals surface area contributed by atoms with Crippen molar-refractivity contribution in [3.63, 3.8) is 0 Å². The van der Waals surface area contributed by atoms with E-state index in [0.29, 0.717) is 13.0 Å². The van der Waals surface area contributed by atoms with Crippen molar-refractivity contribution in [3.8, 4) is 0 Å². The van der Waals surface area contributed by atoms with Crippen LogP contribution in [0.3, 0.4) is 0 Å². The van der Waals surface area contributed by atoms with Gasteiger partial charge >= 0.3 is 6.03 Å². The first-order valence-electron chi connectivity index (χ1n) is 10.2. The minimum Gasteiger partial charge on any atom is -0.361 e. The molecule has 2 aliphatic heterocycles. The Labute approximate surface area is 173 Å². The maximum atomic E-state index is 13.0. The Kier molecular flexibility index (Phi) is 4.50. The molecule has 1 fully saturated rings. The van der Waals surface area contributed by atoms with Crippen molar-refractivity contribution >= 4 is 34.4 Å². The second-order valence-electron chi connectivity index (χ2n) is 7.77. The molecule has 1 atom stereocenters. The number of H-pyrrole nitrogens is 1. The van der Waals surface area contributed by atoms with Gasteiger partial charge in [-0.25, -0.2) is 4.79 Å². The number of aromatic nitrogens is 1. The maximum absolute atomic E-state index is 13.0. The second kappa shape index (κ2) is 7.33. The summed E-state index contributed by atoms with van der Waals surface area (Å²) in [5, 5.41) is 3.76. The molecule has 2 N–H and O–H groups in total. The number of nitrogens with one attached hydrogen (secondary N) is 2. The monoisotopic (exact) mass is 402 g/mol. The van der Waals surface area contributed by atoms with Crippen LogP contribution < -0.4 is 10.2 Å². The van der Waals surface area contributed by atoms with Crippen LogP contribution in [0.15, 0.2) is 54.7 Å². The van der Waals surface area contributed by atoms with Crippen molar-refractivity contribution in [1.29, 1.82) is 0 Å². The zero-order valence-electron chi connectivity index (χ0n) is 16.4. The summed E-state index contributed by atoms with van der Waals surface area (Å²) in [4.78, 5) is 44.2. The fourth-order valence-electron chi connectivity index (χ4n) is 4.40. The minimum absolute atomic E-state index is 0.238. The number of nitrogens with zero attached hydrogens (tertiary/aromatic N) is 2. The summed E-state index contributed by atoms with van der Waals surface area (Å²) in [5.74, 6) is -0.595. The first-order valence-corrected chi connectivity index (χ1v) is 10.2. The van der Waals surface area contributed by atoms with Gasteiger partial charge in [0.1, 0.15) is 12.6 Å².